The Bertz CT molecular complexity index is 3450. The Balaban J connectivity index is 0.000000207. The van der Waals surface area contributed by atoms with Gasteiger partial charge in [-0.2, -0.15) is 0 Å². The number of benzene rings is 6. The highest BCUT2D eigenvalue weighted by Crippen LogP contribution is 2.44. The predicted molar refractivity (Wildman–Crippen MR) is 389 cm³/mol. The molecule has 2 amide bonds. The second-order valence-corrected chi connectivity index (χ2v) is 29.9. The Labute approximate surface area is 603 Å². The van der Waals surface area contributed by atoms with Crippen LogP contribution in [0.3, 0.4) is 0 Å². The standard InChI is InChI=1S/C26H34ClFN2O4.C25H32Cl2N2O3.C25H31Cl2NO4/c1-25(2)17-30(12-10-26(25,32)16-18-6-8-19(28)9-7-18)11-5-13-34-22-15-23(33-4)21(27)14-20(22)24(31)29-3;1-24(2)17-29(13-11-25(24,31)16-18-5-7-19(26)8-6-18)12-4-14-32-22-10-9-20(27)15-21(22)23(30)28-3;1-24(2)17-28(13-11-25(24,30)16-18-5-7-19(26)8-6-18)12-4-14-32-22-10-9-20(27)15-21(22)23(29)31-3/h6-9,14-15,32H,5,10-13,16-17H2,1-4H3,(H,29,31);5-10,15,31H,4,11-14,16-17H2,1-3H3,(H,28,30);5-10,15,30H,4,11-14,16-17H2,1-3H3. The molecule has 0 aliphatic carbocycles. The third-order valence-electron chi connectivity index (χ3n) is 19.5. The second kappa shape index (κ2) is 35.6. The molecule has 98 heavy (non-hydrogen) atoms. The molecule has 16 nitrogen and oxygen atoms in total. The van der Waals surface area contributed by atoms with E-state index in [1.54, 1.807) is 74.8 Å². The fraction of sp³-hybridized carbons (Fsp3) is 0.487. The highest BCUT2D eigenvalue weighted by molar-refractivity contribution is 6.33. The molecule has 3 atom stereocenters. The van der Waals surface area contributed by atoms with Crippen molar-refractivity contribution in [3.63, 3.8) is 0 Å². The highest BCUT2D eigenvalue weighted by atomic mass is 35.5. The van der Waals surface area contributed by atoms with Crippen LogP contribution in [-0.4, -0.2) is 172 Å². The zero-order valence-corrected chi connectivity index (χ0v) is 61.9. The van der Waals surface area contributed by atoms with Gasteiger partial charge in [0.1, 0.15) is 34.4 Å². The highest BCUT2D eigenvalue weighted by Gasteiger charge is 2.50. The summed E-state index contributed by atoms with van der Waals surface area (Å²) < 4.78 is 41.0. The minimum Gasteiger partial charge on any atom is -0.495 e. The van der Waals surface area contributed by atoms with E-state index in [-0.39, 0.29) is 33.9 Å². The smallest absolute Gasteiger partial charge is 0.341 e. The number of aliphatic hydroxyl groups is 3. The van der Waals surface area contributed by atoms with Crippen LogP contribution < -0.4 is 29.6 Å². The number of methoxy groups -OCH3 is 2. The van der Waals surface area contributed by atoms with Crippen LogP contribution in [-0.2, 0) is 24.0 Å². The quantitative estimate of drug-likeness (QED) is 0.0269. The van der Waals surface area contributed by atoms with Crippen LogP contribution in [0.25, 0.3) is 0 Å². The summed E-state index contributed by atoms with van der Waals surface area (Å²) in [5.41, 5.74) is 0.995. The van der Waals surface area contributed by atoms with Gasteiger partial charge in [0.15, 0.2) is 0 Å². The number of nitrogens with one attached hydrogen (secondary N) is 2. The van der Waals surface area contributed by atoms with Crippen molar-refractivity contribution in [2.45, 2.75) is 116 Å². The van der Waals surface area contributed by atoms with Crippen molar-refractivity contribution in [2.24, 2.45) is 16.2 Å². The first-order valence-corrected chi connectivity index (χ1v) is 35.2. The molecule has 3 aliphatic heterocycles. The molecular weight excluding hydrogens is 1360 g/mol. The number of carbonyl (C=O) groups is 3. The first kappa shape index (κ1) is 79.4. The third-order valence-corrected chi connectivity index (χ3v) is 20.8. The Morgan fingerprint density at radius 3 is 1.15 bits per heavy atom. The number of likely N-dealkylation sites (tertiary alicyclic amines) is 3. The Morgan fingerprint density at radius 2 is 0.796 bits per heavy atom. The number of hydrogen-bond donors (Lipinski definition) is 5. The summed E-state index contributed by atoms with van der Waals surface area (Å²) in [5, 5.41) is 42.3. The van der Waals surface area contributed by atoms with Crippen LogP contribution in [0.4, 0.5) is 4.39 Å². The molecule has 3 unspecified atom stereocenters. The number of nitrogens with zero attached hydrogens (tertiary/aromatic N) is 3. The monoisotopic (exact) mass is 1450 g/mol. The lowest BCUT2D eigenvalue weighted by molar-refractivity contribution is -0.118. The number of halogens is 6. The lowest BCUT2D eigenvalue weighted by Gasteiger charge is -2.50. The summed E-state index contributed by atoms with van der Waals surface area (Å²) in [4.78, 5) is 43.3. The van der Waals surface area contributed by atoms with Gasteiger partial charge in [0.25, 0.3) is 11.8 Å². The molecule has 3 heterocycles. The Morgan fingerprint density at radius 1 is 0.459 bits per heavy atom. The molecule has 0 spiro atoms. The van der Waals surface area contributed by atoms with Crippen LogP contribution >= 0.6 is 58.0 Å². The molecule has 0 bridgehead atoms. The molecule has 3 aliphatic rings. The van der Waals surface area contributed by atoms with Crippen molar-refractivity contribution in [1.29, 1.82) is 0 Å². The molecule has 22 heteroatoms. The number of carbonyl (C=O) groups excluding carboxylic acids is 3. The van der Waals surface area contributed by atoms with E-state index in [2.05, 4.69) is 66.9 Å². The molecule has 5 N–H and O–H groups in total. The average Bonchev–Trinajstić information content (AvgIpc) is 0.784. The molecule has 3 fully saturated rings. The number of esters is 1. The molecule has 3 saturated heterocycles. The predicted octanol–water partition coefficient (Wildman–Crippen LogP) is 14.4. The molecular formula is C76H97Cl5FN5O11. The van der Waals surface area contributed by atoms with Crippen molar-refractivity contribution in [3.8, 4) is 23.0 Å². The average molecular weight is 1450 g/mol. The van der Waals surface area contributed by atoms with E-state index >= 15 is 0 Å². The Hall–Kier alpha value is -5.93. The third kappa shape index (κ3) is 21.6. The van der Waals surface area contributed by atoms with Crippen LogP contribution in [0.5, 0.6) is 23.0 Å². The second-order valence-electron chi connectivity index (χ2n) is 27.8. The number of hydrogen-bond acceptors (Lipinski definition) is 14. The van der Waals surface area contributed by atoms with Gasteiger partial charge >= 0.3 is 5.97 Å². The van der Waals surface area contributed by atoms with Crippen LogP contribution in [0.2, 0.25) is 25.1 Å². The minimum atomic E-state index is -0.861. The lowest BCUT2D eigenvalue weighted by atomic mass is 9.67. The fourth-order valence-electron chi connectivity index (χ4n) is 13.1. The topological polar surface area (TPSA) is 192 Å². The van der Waals surface area contributed by atoms with Gasteiger partial charge < -0.3 is 64.3 Å². The molecule has 0 radical (unpaired) electrons. The summed E-state index contributed by atoms with van der Waals surface area (Å²) in [6.45, 7) is 21.3. The van der Waals surface area contributed by atoms with Gasteiger partial charge in [0, 0.05) is 135 Å². The van der Waals surface area contributed by atoms with Crippen molar-refractivity contribution >= 4 is 75.8 Å². The fourth-order valence-corrected chi connectivity index (χ4v) is 14.0. The van der Waals surface area contributed by atoms with Gasteiger partial charge in [-0.15, -0.1) is 0 Å². The van der Waals surface area contributed by atoms with E-state index < -0.39 is 22.8 Å². The molecule has 534 valence electrons. The Kier molecular flexibility index (Phi) is 28.8. The normalized spacial score (nSPS) is 20.5. The summed E-state index contributed by atoms with van der Waals surface area (Å²) in [6, 6.07) is 35.0. The first-order chi connectivity index (χ1) is 46.3. The van der Waals surface area contributed by atoms with Crippen molar-refractivity contribution in [2.75, 3.05) is 107 Å². The molecule has 6 aromatic rings. The summed E-state index contributed by atoms with van der Waals surface area (Å²) in [6.07, 6.45) is 6.15. The number of piperidine rings is 3. The van der Waals surface area contributed by atoms with Gasteiger partial charge in [-0.05, 0) is 134 Å². The molecule has 0 saturated carbocycles. The maximum atomic E-state index is 13.2. The van der Waals surface area contributed by atoms with Crippen molar-refractivity contribution < 1.29 is 57.8 Å². The number of ether oxygens (including phenoxy) is 5. The van der Waals surface area contributed by atoms with Crippen LogP contribution in [0, 0.1) is 22.1 Å². The van der Waals surface area contributed by atoms with E-state index in [9.17, 15) is 34.1 Å². The number of amides is 2. The summed E-state index contributed by atoms with van der Waals surface area (Å²) >= 11 is 30.2. The van der Waals surface area contributed by atoms with Gasteiger partial charge in [-0.1, -0.05) is 136 Å². The molecule has 9 rings (SSSR count). The van der Waals surface area contributed by atoms with Gasteiger partial charge in [0.2, 0.25) is 0 Å². The van der Waals surface area contributed by atoms with E-state index in [1.165, 1.54) is 26.4 Å². The van der Waals surface area contributed by atoms with E-state index in [0.717, 1.165) is 94.9 Å². The van der Waals surface area contributed by atoms with Crippen molar-refractivity contribution in [3.05, 3.63) is 186 Å². The molecule has 6 aromatic carbocycles. The number of rotatable bonds is 25. The molecule has 0 aromatic heterocycles. The van der Waals surface area contributed by atoms with E-state index in [1.807, 2.05) is 48.5 Å². The van der Waals surface area contributed by atoms with Gasteiger partial charge in [0.05, 0.1) is 67.0 Å². The van der Waals surface area contributed by atoms with E-state index in [4.69, 9.17) is 81.7 Å². The van der Waals surface area contributed by atoms with E-state index in [0.29, 0.717) is 123 Å². The van der Waals surface area contributed by atoms with Gasteiger partial charge in [-0.3, -0.25) is 9.59 Å². The lowest BCUT2D eigenvalue weighted by Crippen LogP contribution is -2.58. The SMILES string of the molecule is CNC(=O)c1cc(Cl)c(OC)cc1OCCCN1CCC(O)(Cc2ccc(F)cc2)C(C)(C)C1.CNC(=O)c1cc(Cl)ccc1OCCCN1CCC(O)(Cc2ccc(Cl)cc2)C(C)(C)C1.COC(=O)c1cc(Cl)ccc1OCCCN1CCC(O)(Cc2ccc(Cl)cc2)C(C)(C)C1. The maximum Gasteiger partial charge on any atom is 0.341 e. The van der Waals surface area contributed by atoms with Crippen LogP contribution in [0.15, 0.2) is 121 Å². The van der Waals surface area contributed by atoms with Gasteiger partial charge in [-0.25, -0.2) is 9.18 Å². The summed E-state index contributed by atoms with van der Waals surface area (Å²) in [7, 11) is 5.98. The summed E-state index contributed by atoms with van der Waals surface area (Å²) in [5.74, 6) is 0.628. The zero-order chi connectivity index (χ0) is 71.6. The largest absolute Gasteiger partial charge is 0.495 e. The van der Waals surface area contributed by atoms with Crippen LogP contribution in [0.1, 0.15) is 128 Å². The zero-order valence-electron chi connectivity index (χ0n) is 58.1. The maximum absolute atomic E-state index is 13.2. The van der Waals surface area contributed by atoms with Crippen molar-refractivity contribution in [1.82, 2.24) is 25.3 Å². The first-order valence-electron chi connectivity index (χ1n) is 33.3. The minimum absolute atomic E-state index is 0.222.